The monoisotopic (exact) mass is 322 g/mol. The maximum absolute atomic E-state index is 12.1. The Labute approximate surface area is 137 Å². The van der Waals surface area contributed by atoms with E-state index >= 15 is 0 Å². The van der Waals surface area contributed by atoms with Gasteiger partial charge in [-0.1, -0.05) is 23.7 Å². The van der Waals surface area contributed by atoms with Crippen molar-refractivity contribution in [3.63, 3.8) is 0 Å². The molecule has 3 rings (SSSR count). The number of ether oxygens (including phenoxy) is 1. The fourth-order valence-electron chi connectivity index (χ4n) is 3.66. The van der Waals surface area contributed by atoms with Gasteiger partial charge in [0.2, 0.25) is 5.91 Å². The summed E-state index contributed by atoms with van der Waals surface area (Å²) < 4.78 is 4.99. The van der Waals surface area contributed by atoms with E-state index in [0.29, 0.717) is 18.4 Å². The van der Waals surface area contributed by atoms with Gasteiger partial charge in [0.1, 0.15) is 0 Å². The second kappa shape index (κ2) is 6.57. The number of nitrogens with zero attached hydrogens (tertiary/aromatic N) is 2. The molecule has 0 aliphatic carbocycles. The van der Waals surface area contributed by atoms with Crippen LogP contribution in [0.5, 0.6) is 0 Å². The zero-order valence-electron chi connectivity index (χ0n) is 13.1. The summed E-state index contributed by atoms with van der Waals surface area (Å²) in [6.45, 7) is 5.42. The minimum atomic E-state index is 0.229. The molecule has 1 spiro atoms. The van der Waals surface area contributed by atoms with Crippen molar-refractivity contribution in [2.45, 2.75) is 19.4 Å². The quantitative estimate of drug-likeness (QED) is 0.834. The number of methoxy groups -OCH3 is 1. The molecule has 2 heterocycles. The Kier molecular flexibility index (Phi) is 4.71. The first-order chi connectivity index (χ1) is 10.6. The van der Waals surface area contributed by atoms with Gasteiger partial charge in [-0.05, 0) is 24.1 Å². The van der Waals surface area contributed by atoms with Crippen molar-refractivity contribution in [1.29, 1.82) is 0 Å². The van der Waals surface area contributed by atoms with Crippen molar-refractivity contribution in [3.05, 3.63) is 34.9 Å². The second-order valence-corrected chi connectivity index (χ2v) is 7.02. The molecule has 5 heteroatoms. The summed E-state index contributed by atoms with van der Waals surface area (Å²) in [6.07, 6.45) is 1.62. The molecule has 2 saturated heterocycles. The predicted molar refractivity (Wildman–Crippen MR) is 86.9 cm³/mol. The highest BCUT2D eigenvalue weighted by Gasteiger charge is 2.48. The zero-order valence-corrected chi connectivity index (χ0v) is 13.8. The van der Waals surface area contributed by atoms with Gasteiger partial charge < -0.3 is 9.64 Å². The largest absolute Gasteiger partial charge is 0.384 e. The first-order valence-corrected chi connectivity index (χ1v) is 8.22. The third kappa shape index (κ3) is 3.45. The Bertz CT molecular complexity index is 543. The smallest absolute Gasteiger partial charge is 0.224 e. The highest BCUT2D eigenvalue weighted by atomic mass is 35.5. The van der Waals surface area contributed by atoms with Crippen molar-refractivity contribution in [3.8, 4) is 0 Å². The summed E-state index contributed by atoms with van der Waals surface area (Å²) in [6, 6.07) is 8.05. The molecule has 22 heavy (non-hydrogen) atoms. The maximum atomic E-state index is 12.1. The van der Waals surface area contributed by atoms with E-state index in [1.54, 1.807) is 7.11 Å². The summed E-state index contributed by atoms with van der Waals surface area (Å²) in [4.78, 5) is 16.5. The molecule has 1 amide bonds. The Balaban J connectivity index is 1.48. The van der Waals surface area contributed by atoms with Crippen molar-refractivity contribution < 1.29 is 9.53 Å². The van der Waals surface area contributed by atoms with Crippen LogP contribution in [0.15, 0.2) is 24.3 Å². The summed E-state index contributed by atoms with van der Waals surface area (Å²) in [5.41, 5.74) is 1.58. The SMILES string of the molecule is COCCC(=O)N1CCC2(CN(Cc3cccc(Cl)c3)C2)C1. The van der Waals surface area contributed by atoms with Crippen LogP contribution in [0.3, 0.4) is 0 Å². The number of hydrogen-bond acceptors (Lipinski definition) is 3. The molecule has 4 nitrogen and oxygen atoms in total. The number of rotatable bonds is 5. The third-order valence-electron chi connectivity index (χ3n) is 4.72. The van der Waals surface area contributed by atoms with Crippen LogP contribution in [0.2, 0.25) is 5.02 Å². The molecule has 0 atom stereocenters. The van der Waals surface area contributed by atoms with Gasteiger partial charge >= 0.3 is 0 Å². The Morgan fingerprint density at radius 1 is 1.36 bits per heavy atom. The van der Waals surface area contributed by atoms with Crippen LogP contribution in [0.4, 0.5) is 0 Å². The molecular formula is C17H23ClN2O2. The van der Waals surface area contributed by atoms with Gasteiger partial charge in [-0.3, -0.25) is 9.69 Å². The Morgan fingerprint density at radius 3 is 2.91 bits per heavy atom. The molecule has 2 aliphatic rings. The number of benzene rings is 1. The summed E-state index contributed by atoms with van der Waals surface area (Å²) >= 11 is 6.03. The van der Waals surface area contributed by atoms with Gasteiger partial charge in [0.15, 0.2) is 0 Å². The number of carbonyl (C=O) groups is 1. The molecule has 120 valence electrons. The van der Waals surface area contributed by atoms with Crippen molar-refractivity contribution in [1.82, 2.24) is 9.80 Å². The van der Waals surface area contributed by atoms with E-state index in [9.17, 15) is 4.79 Å². The van der Waals surface area contributed by atoms with Crippen LogP contribution in [0.25, 0.3) is 0 Å². The molecule has 0 N–H and O–H groups in total. The molecule has 1 aromatic carbocycles. The minimum absolute atomic E-state index is 0.229. The van der Waals surface area contributed by atoms with E-state index < -0.39 is 0 Å². The van der Waals surface area contributed by atoms with Gasteiger partial charge in [-0.25, -0.2) is 0 Å². The average molecular weight is 323 g/mol. The summed E-state index contributed by atoms with van der Waals surface area (Å²) in [5.74, 6) is 0.229. The lowest BCUT2D eigenvalue weighted by Crippen LogP contribution is -2.57. The minimum Gasteiger partial charge on any atom is -0.384 e. The number of halogens is 1. The Hall–Kier alpha value is -1.10. The van der Waals surface area contributed by atoms with E-state index in [1.807, 2.05) is 23.1 Å². The van der Waals surface area contributed by atoms with E-state index in [-0.39, 0.29) is 5.91 Å². The predicted octanol–water partition coefficient (Wildman–Crippen LogP) is 2.41. The van der Waals surface area contributed by atoms with Crippen LogP contribution in [-0.4, -0.2) is 55.6 Å². The molecule has 0 radical (unpaired) electrons. The number of carbonyl (C=O) groups excluding carboxylic acids is 1. The van der Waals surface area contributed by atoms with Gasteiger partial charge in [0, 0.05) is 50.3 Å². The molecule has 0 aromatic heterocycles. The van der Waals surface area contributed by atoms with Crippen LogP contribution < -0.4 is 0 Å². The highest BCUT2D eigenvalue weighted by molar-refractivity contribution is 6.30. The van der Waals surface area contributed by atoms with Crippen molar-refractivity contribution >= 4 is 17.5 Å². The van der Waals surface area contributed by atoms with E-state index in [4.69, 9.17) is 16.3 Å². The molecule has 0 saturated carbocycles. The maximum Gasteiger partial charge on any atom is 0.224 e. The first kappa shape index (κ1) is 15.8. The van der Waals surface area contributed by atoms with Crippen LogP contribution in [0, 0.1) is 5.41 Å². The number of hydrogen-bond donors (Lipinski definition) is 0. The fourth-order valence-corrected chi connectivity index (χ4v) is 3.87. The molecule has 2 aliphatic heterocycles. The molecular weight excluding hydrogens is 300 g/mol. The highest BCUT2D eigenvalue weighted by Crippen LogP contribution is 2.40. The number of amides is 1. The third-order valence-corrected chi connectivity index (χ3v) is 4.96. The van der Waals surface area contributed by atoms with E-state index in [1.165, 1.54) is 5.56 Å². The normalized spacial score (nSPS) is 20.4. The first-order valence-electron chi connectivity index (χ1n) is 7.84. The standard InChI is InChI=1S/C17H23ClN2O2/c1-22-8-5-16(21)20-7-6-17(13-20)11-19(12-17)10-14-3-2-4-15(18)9-14/h2-4,9H,5-8,10-13H2,1H3. The van der Waals surface area contributed by atoms with Crippen LogP contribution >= 0.6 is 11.6 Å². The van der Waals surface area contributed by atoms with Gasteiger partial charge in [-0.15, -0.1) is 0 Å². The van der Waals surface area contributed by atoms with Crippen LogP contribution in [0.1, 0.15) is 18.4 Å². The van der Waals surface area contributed by atoms with Crippen LogP contribution in [-0.2, 0) is 16.1 Å². The Morgan fingerprint density at radius 2 is 2.18 bits per heavy atom. The summed E-state index contributed by atoms with van der Waals surface area (Å²) in [7, 11) is 1.64. The van der Waals surface area contributed by atoms with Gasteiger partial charge in [0.05, 0.1) is 13.0 Å². The molecule has 0 unspecified atom stereocenters. The molecule has 0 bridgehead atoms. The van der Waals surface area contributed by atoms with E-state index in [0.717, 1.165) is 44.2 Å². The lowest BCUT2D eigenvalue weighted by atomic mass is 9.79. The van der Waals surface area contributed by atoms with Crippen molar-refractivity contribution in [2.75, 3.05) is 39.9 Å². The van der Waals surface area contributed by atoms with E-state index in [2.05, 4.69) is 11.0 Å². The fraction of sp³-hybridized carbons (Fsp3) is 0.588. The lowest BCUT2D eigenvalue weighted by Gasteiger charge is -2.48. The topological polar surface area (TPSA) is 32.8 Å². The summed E-state index contributed by atoms with van der Waals surface area (Å²) in [5, 5.41) is 0.795. The van der Waals surface area contributed by atoms with Gasteiger partial charge in [0.25, 0.3) is 0 Å². The second-order valence-electron chi connectivity index (χ2n) is 6.58. The molecule has 2 fully saturated rings. The average Bonchev–Trinajstić information content (AvgIpc) is 2.90. The number of likely N-dealkylation sites (tertiary alicyclic amines) is 2. The lowest BCUT2D eigenvalue weighted by molar-refractivity contribution is -0.132. The van der Waals surface area contributed by atoms with Gasteiger partial charge in [-0.2, -0.15) is 0 Å². The zero-order chi connectivity index (χ0) is 15.6. The van der Waals surface area contributed by atoms with Crippen molar-refractivity contribution in [2.24, 2.45) is 5.41 Å². The molecule has 1 aromatic rings.